The summed E-state index contributed by atoms with van der Waals surface area (Å²) in [6.45, 7) is 9.27. The molecular formula is C33H42N2O5. The molecule has 1 saturated heterocycles. The van der Waals surface area contributed by atoms with Crippen LogP contribution in [0.4, 0.5) is 5.69 Å². The minimum Gasteiger partial charge on any atom is -0.490 e. The van der Waals surface area contributed by atoms with Crippen LogP contribution in [-0.4, -0.2) is 63.8 Å². The molecule has 2 heterocycles. The summed E-state index contributed by atoms with van der Waals surface area (Å²) in [7, 11) is 1.74. The molecule has 0 aliphatic carbocycles. The van der Waals surface area contributed by atoms with Gasteiger partial charge in [-0.05, 0) is 65.4 Å². The normalized spacial score (nSPS) is 20.7. The molecule has 214 valence electrons. The molecule has 0 radical (unpaired) electrons. The molecule has 0 bridgehead atoms. The summed E-state index contributed by atoms with van der Waals surface area (Å²) in [5.74, 6) is 2.86. The Kier molecular flexibility index (Phi) is 9.60. The molecule has 0 aromatic heterocycles. The van der Waals surface area contributed by atoms with E-state index in [-0.39, 0.29) is 12.0 Å². The zero-order valence-corrected chi connectivity index (χ0v) is 23.8. The van der Waals surface area contributed by atoms with Crippen molar-refractivity contribution in [2.45, 2.75) is 50.9 Å². The van der Waals surface area contributed by atoms with Gasteiger partial charge in [-0.15, -0.1) is 0 Å². The molecule has 2 N–H and O–H groups in total. The number of hydrogen-bond donors (Lipinski definition) is 2. The average molecular weight is 547 g/mol. The van der Waals surface area contributed by atoms with Crippen LogP contribution in [-0.2, 0) is 16.1 Å². The van der Waals surface area contributed by atoms with Crippen LogP contribution in [0, 0.1) is 0 Å². The van der Waals surface area contributed by atoms with E-state index in [9.17, 15) is 5.11 Å². The fraction of sp³-hybridized carbons (Fsp3) is 0.455. The summed E-state index contributed by atoms with van der Waals surface area (Å²) < 4.78 is 23.7. The molecule has 1 fully saturated rings. The van der Waals surface area contributed by atoms with Crippen LogP contribution in [0.1, 0.15) is 48.8 Å². The van der Waals surface area contributed by atoms with Crippen LogP contribution in [0.15, 0.2) is 66.7 Å². The van der Waals surface area contributed by atoms with Gasteiger partial charge in [0.05, 0.1) is 31.0 Å². The molecular weight excluding hydrogens is 504 g/mol. The lowest BCUT2D eigenvalue weighted by Gasteiger charge is -2.36. The van der Waals surface area contributed by atoms with E-state index in [4.69, 9.17) is 18.9 Å². The topological polar surface area (TPSA) is 72.4 Å². The standard InChI is InChI=1S/C33H42N2O5/c1-23(2)25-6-10-27(11-7-25)40-28-12-8-26(9-13-28)33-30(36)20-34-21-32(33)39-22-24-5-14-31-29(19-24)35(16-18-38-31)15-4-17-37-3/h5-14,19,23,30,32-34,36H,4,15-18,20-22H2,1-3H3/t30-,32+,33?/m1/s1. The molecule has 1 unspecified atom stereocenters. The van der Waals surface area contributed by atoms with Gasteiger partial charge in [0.2, 0.25) is 0 Å². The predicted molar refractivity (Wildman–Crippen MR) is 158 cm³/mol. The molecule has 0 spiro atoms. The van der Waals surface area contributed by atoms with Crippen molar-refractivity contribution in [3.8, 4) is 17.2 Å². The maximum atomic E-state index is 11.0. The fourth-order valence-electron chi connectivity index (χ4n) is 5.53. The van der Waals surface area contributed by atoms with Gasteiger partial charge in [-0.1, -0.05) is 44.2 Å². The van der Waals surface area contributed by atoms with Gasteiger partial charge < -0.3 is 34.3 Å². The molecule has 2 aliphatic heterocycles. The van der Waals surface area contributed by atoms with E-state index in [1.807, 2.05) is 42.5 Å². The predicted octanol–water partition coefficient (Wildman–Crippen LogP) is 5.47. The SMILES string of the molecule is COCCCN1CCOc2ccc(CO[C@H]3CNC[C@@H](O)C3c3ccc(Oc4ccc(C(C)C)cc4)cc3)cc21. The van der Waals surface area contributed by atoms with Crippen LogP contribution in [0.25, 0.3) is 0 Å². The smallest absolute Gasteiger partial charge is 0.142 e. The second kappa shape index (κ2) is 13.5. The minimum atomic E-state index is -0.540. The lowest BCUT2D eigenvalue weighted by atomic mass is 9.85. The van der Waals surface area contributed by atoms with E-state index >= 15 is 0 Å². The third-order valence-electron chi connectivity index (χ3n) is 7.78. The number of benzene rings is 3. The Balaban J connectivity index is 1.24. The largest absolute Gasteiger partial charge is 0.490 e. The van der Waals surface area contributed by atoms with Crippen LogP contribution < -0.4 is 19.7 Å². The lowest BCUT2D eigenvalue weighted by Crippen LogP contribution is -2.49. The molecule has 3 atom stereocenters. The molecule has 40 heavy (non-hydrogen) atoms. The van der Waals surface area contributed by atoms with Crippen molar-refractivity contribution in [3.05, 3.63) is 83.4 Å². The van der Waals surface area contributed by atoms with Gasteiger partial charge in [0.1, 0.15) is 23.9 Å². The number of nitrogens with zero attached hydrogens (tertiary/aromatic N) is 1. The zero-order valence-electron chi connectivity index (χ0n) is 23.8. The summed E-state index contributed by atoms with van der Waals surface area (Å²) in [4.78, 5) is 2.36. The van der Waals surface area contributed by atoms with E-state index in [0.29, 0.717) is 32.2 Å². The monoisotopic (exact) mass is 546 g/mol. The van der Waals surface area contributed by atoms with E-state index in [2.05, 4.69) is 48.3 Å². The number of β-amino-alcohol motifs (C(OH)–C–C–N with tert-alkyl or cyclic N) is 1. The molecule has 5 rings (SSSR count). The number of methoxy groups -OCH3 is 1. The van der Waals surface area contributed by atoms with Gasteiger partial charge in [-0.25, -0.2) is 0 Å². The van der Waals surface area contributed by atoms with Crippen molar-refractivity contribution >= 4 is 5.69 Å². The number of ether oxygens (including phenoxy) is 4. The van der Waals surface area contributed by atoms with Crippen LogP contribution in [0.5, 0.6) is 17.2 Å². The lowest BCUT2D eigenvalue weighted by molar-refractivity contribution is -0.0328. The second-order valence-corrected chi connectivity index (χ2v) is 11.0. The molecule has 7 heteroatoms. The van der Waals surface area contributed by atoms with Gasteiger partial charge in [-0.3, -0.25) is 0 Å². The molecule has 2 aliphatic rings. The van der Waals surface area contributed by atoms with Gasteiger partial charge in [0.25, 0.3) is 0 Å². The minimum absolute atomic E-state index is 0.132. The van der Waals surface area contributed by atoms with Crippen molar-refractivity contribution < 1.29 is 24.1 Å². The number of aliphatic hydroxyl groups excluding tert-OH is 1. The zero-order chi connectivity index (χ0) is 27.9. The first-order valence-corrected chi connectivity index (χ1v) is 14.4. The second-order valence-electron chi connectivity index (χ2n) is 11.0. The molecule has 0 saturated carbocycles. The highest BCUT2D eigenvalue weighted by Crippen LogP contribution is 2.35. The summed E-state index contributed by atoms with van der Waals surface area (Å²) in [5, 5.41) is 14.3. The molecule has 3 aromatic carbocycles. The third-order valence-corrected chi connectivity index (χ3v) is 7.78. The Morgan fingerprint density at radius 3 is 2.48 bits per heavy atom. The van der Waals surface area contributed by atoms with Crippen molar-refractivity contribution in [1.29, 1.82) is 0 Å². The summed E-state index contributed by atoms with van der Waals surface area (Å²) in [6, 6.07) is 22.5. The van der Waals surface area contributed by atoms with E-state index in [0.717, 1.165) is 60.2 Å². The van der Waals surface area contributed by atoms with E-state index in [1.54, 1.807) is 7.11 Å². The fourth-order valence-corrected chi connectivity index (χ4v) is 5.53. The maximum absolute atomic E-state index is 11.0. The quantitative estimate of drug-likeness (QED) is 0.309. The molecule has 7 nitrogen and oxygen atoms in total. The number of fused-ring (bicyclic) bond motifs is 1. The Bertz CT molecular complexity index is 1210. The number of nitrogens with one attached hydrogen (secondary N) is 1. The third kappa shape index (κ3) is 6.96. The van der Waals surface area contributed by atoms with Crippen molar-refractivity contribution in [3.63, 3.8) is 0 Å². The Morgan fingerprint density at radius 2 is 1.75 bits per heavy atom. The van der Waals surface area contributed by atoms with Crippen LogP contribution >= 0.6 is 0 Å². The first kappa shape index (κ1) is 28.4. The van der Waals surface area contributed by atoms with Gasteiger partial charge >= 0.3 is 0 Å². The summed E-state index contributed by atoms with van der Waals surface area (Å²) in [6.07, 6.45) is 0.268. The highest BCUT2D eigenvalue weighted by atomic mass is 16.5. The molecule has 3 aromatic rings. The first-order valence-electron chi connectivity index (χ1n) is 14.4. The summed E-state index contributed by atoms with van der Waals surface area (Å²) in [5.41, 5.74) is 4.53. The Morgan fingerprint density at radius 1 is 1.00 bits per heavy atom. The molecule has 0 amide bonds. The number of aliphatic hydroxyl groups is 1. The van der Waals surface area contributed by atoms with Gasteiger partial charge in [0.15, 0.2) is 0 Å². The highest BCUT2D eigenvalue weighted by molar-refractivity contribution is 5.61. The van der Waals surface area contributed by atoms with Crippen LogP contribution in [0.2, 0.25) is 0 Å². The van der Waals surface area contributed by atoms with Crippen molar-refractivity contribution in [1.82, 2.24) is 5.32 Å². The highest BCUT2D eigenvalue weighted by Gasteiger charge is 2.34. The number of piperidine rings is 1. The van der Waals surface area contributed by atoms with Crippen molar-refractivity contribution in [2.24, 2.45) is 0 Å². The average Bonchev–Trinajstić information content (AvgIpc) is 2.97. The van der Waals surface area contributed by atoms with Crippen LogP contribution in [0.3, 0.4) is 0 Å². The Labute approximate surface area is 238 Å². The van der Waals surface area contributed by atoms with Crippen molar-refractivity contribution in [2.75, 3.05) is 51.4 Å². The first-order chi connectivity index (χ1) is 19.5. The van der Waals surface area contributed by atoms with E-state index < -0.39 is 6.10 Å². The number of hydrogen-bond acceptors (Lipinski definition) is 7. The van der Waals surface area contributed by atoms with Gasteiger partial charge in [0, 0.05) is 39.3 Å². The number of rotatable bonds is 11. The Hall–Kier alpha value is -3.10. The maximum Gasteiger partial charge on any atom is 0.142 e. The van der Waals surface area contributed by atoms with Gasteiger partial charge in [-0.2, -0.15) is 0 Å². The van der Waals surface area contributed by atoms with E-state index in [1.165, 1.54) is 5.56 Å². The number of anilines is 1. The summed E-state index contributed by atoms with van der Waals surface area (Å²) >= 11 is 0.